The molecule has 0 aliphatic carbocycles. The summed E-state index contributed by atoms with van der Waals surface area (Å²) in [6.07, 6.45) is 0.837. The molecule has 0 saturated heterocycles. The van der Waals surface area contributed by atoms with E-state index in [1.165, 1.54) is 12.1 Å². The summed E-state index contributed by atoms with van der Waals surface area (Å²) in [5.74, 6) is 0.0676. The van der Waals surface area contributed by atoms with Crippen molar-refractivity contribution in [3.05, 3.63) is 66.0 Å². The molecule has 2 rings (SSSR count). The van der Waals surface area contributed by atoms with Gasteiger partial charge in [-0.05, 0) is 50.1 Å². The number of carbonyl (C=O) groups excluding carboxylic acids is 2. The number of hydrogen-bond donors (Lipinski definition) is 1. The molecule has 0 saturated carbocycles. The van der Waals surface area contributed by atoms with Gasteiger partial charge in [0, 0.05) is 29.7 Å². The Bertz CT molecular complexity index is 781. The third kappa shape index (κ3) is 7.54. The van der Waals surface area contributed by atoms with Crippen LogP contribution < -0.4 is 5.32 Å². The SMILES string of the molecule is CC[C@H](C(=O)NC(C)C)N(Cc1ccc(F)cc1)C(=O)CCSc1ccccc1. The van der Waals surface area contributed by atoms with Crippen molar-refractivity contribution in [3.8, 4) is 0 Å². The number of nitrogens with zero attached hydrogens (tertiary/aromatic N) is 1. The second kappa shape index (κ2) is 11.6. The lowest BCUT2D eigenvalue weighted by Crippen LogP contribution is -2.50. The van der Waals surface area contributed by atoms with Crippen LogP contribution in [0.1, 0.15) is 39.2 Å². The van der Waals surface area contributed by atoms with E-state index in [1.807, 2.05) is 51.1 Å². The van der Waals surface area contributed by atoms with Crippen LogP contribution in [0.25, 0.3) is 0 Å². The Hall–Kier alpha value is -2.34. The van der Waals surface area contributed by atoms with Gasteiger partial charge in [-0.2, -0.15) is 0 Å². The normalized spacial score (nSPS) is 11.9. The van der Waals surface area contributed by atoms with Gasteiger partial charge in [-0.3, -0.25) is 9.59 Å². The minimum Gasteiger partial charge on any atom is -0.352 e. The van der Waals surface area contributed by atoms with E-state index in [1.54, 1.807) is 28.8 Å². The van der Waals surface area contributed by atoms with E-state index in [0.29, 0.717) is 18.6 Å². The van der Waals surface area contributed by atoms with Crippen LogP contribution in [-0.4, -0.2) is 34.6 Å². The van der Waals surface area contributed by atoms with Crippen LogP contribution in [-0.2, 0) is 16.1 Å². The van der Waals surface area contributed by atoms with Gasteiger partial charge in [0.15, 0.2) is 0 Å². The maximum atomic E-state index is 13.3. The lowest BCUT2D eigenvalue weighted by molar-refractivity contribution is -0.141. The maximum absolute atomic E-state index is 13.3. The molecule has 0 heterocycles. The highest BCUT2D eigenvalue weighted by atomic mass is 32.2. The van der Waals surface area contributed by atoms with Crippen molar-refractivity contribution < 1.29 is 14.0 Å². The molecule has 0 unspecified atom stereocenters. The van der Waals surface area contributed by atoms with Gasteiger partial charge in [0.2, 0.25) is 11.8 Å². The Morgan fingerprint density at radius 1 is 1.07 bits per heavy atom. The van der Waals surface area contributed by atoms with E-state index < -0.39 is 6.04 Å². The lowest BCUT2D eigenvalue weighted by atomic mass is 10.1. The second-order valence-electron chi connectivity index (χ2n) is 7.15. The van der Waals surface area contributed by atoms with E-state index in [9.17, 15) is 14.0 Å². The van der Waals surface area contributed by atoms with Crippen LogP contribution in [0.15, 0.2) is 59.5 Å². The summed E-state index contributed by atoms with van der Waals surface area (Å²) in [6, 6.07) is 15.4. The van der Waals surface area contributed by atoms with Gasteiger partial charge in [0.25, 0.3) is 0 Å². The van der Waals surface area contributed by atoms with Crippen molar-refractivity contribution in [2.75, 3.05) is 5.75 Å². The fourth-order valence-corrected chi connectivity index (χ4v) is 3.87. The molecule has 2 aromatic carbocycles. The molecule has 0 aromatic heterocycles. The molecule has 0 radical (unpaired) electrons. The predicted molar refractivity (Wildman–Crippen MR) is 116 cm³/mol. The third-order valence-corrected chi connectivity index (χ3v) is 5.42. The Morgan fingerprint density at radius 2 is 1.72 bits per heavy atom. The number of halogens is 1. The zero-order valence-electron chi connectivity index (χ0n) is 17.2. The van der Waals surface area contributed by atoms with Crippen molar-refractivity contribution in [3.63, 3.8) is 0 Å². The number of hydrogen-bond acceptors (Lipinski definition) is 3. The van der Waals surface area contributed by atoms with Crippen LogP contribution in [0.4, 0.5) is 4.39 Å². The second-order valence-corrected chi connectivity index (χ2v) is 8.32. The van der Waals surface area contributed by atoms with Crippen LogP contribution >= 0.6 is 11.8 Å². The van der Waals surface area contributed by atoms with Gasteiger partial charge >= 0.3 is 0 Å². The number of nitrogens with one attached hydrogen (secondary N) is 1. The largest absolute Gasteiger partial charge is 0.352 e. The Labute approximate surface area is 176 Å². The van der Waals surface area contributed by atoms with Gasteiger partial charge in [0.1, 0.15) is 11.9 Å². The maximum Gasteiger partial charge on any atom is 0.243 e. The molecular formula is C23H29FN2O2S. The van der Waals surface area contributed by atoms with E-state index in [-0.39, 0.29) is 30.2 Å². The standard InChI is InChI=1S/C23H29FN2O2S/c1-4-21(23(28)25-17(2)3)26(16-18-10-12-19(24)13-11-18)22(27)14-15-29-20-8-6-5-7-9-20/h5-13,17,21H,4,14-16H2,1-3H3,(H,25,28)/t21-/m1/s1. The molecule has 1 N–H and O–H groups in total. The summed E-state index contributed by atoms with van der Waals surface area (Å²) in [7, 11) is 0. The number of thioether (sulfide) groups is 1. The number of amides is 2. The van der Waals surface area contributed by atoms with E-state index in [4.69, 9.17) is 0 Å². The average molecular weight is 417 g/mol. The molecule has 4 nitrogen and oxygen atoms in total. The first-order valence-electron chi connectivity index (χ1n) is 9.92. The molecular weight excluding hydrogens is 387 g/mol. The molecule has 6 heteroatoms. The fourth-order valence-electron chi connectivity index (χ4n) is 3.00. The number of rotatable bonds is 10. The van der Waals surface area contributed by atoms with E-state index >= 15 is 0 Å². The summed E-state index contributed by atoms with van der Waals surface area (Å²) < 4.78 is 13.3. The first-order valence-corrected chi connectivity index (χ1v) is 10.9. The Morgan fingerprint density at radius 3 is 2.31 bits per heavy atom. The summed E-state index contributed by atoms with van der Waals surface area (Å²) in [5, 5.41) is 2.91. The van der Waals surface area contributed by atoms with Gasteiger partial charge in [-0.25, -0.2) is 4.39 Å². The predicted octanol–water partition coefficient (Wildman–Crippen LogP) is 4.64. The van der Waals surface area contributed by atoms with Gasteiger partial charge < -0.3 is 10.2 Å². The number of carbonyl (C=O) groups is 2. The van der Waals surface area contributed by atoms with Crippen molar-refractivity contribution in [2.45, 2.75) is 57.1 Å². The summed E-state index contributed by atoms with van der Waals surface area (Å²) in [6.45, 7) is 5.97. The van der Waals surface area contributed by atoms with Gasteiger partial charge in [-0.15, -0.1) is 11.8 Å². The molecule has 29 heavy (non-hydrogen) atoms. The summed E-state index contributed by atoms with van der Waals surface area (Å²) >= 11 is 1.62. The highest BCUT2D eigenvalue weighted by Crippen LogP contribution is 2.20. The zero-order chi connectivity index (χ0) is 21.2. The Balaban J connectivity index is 2.11. The highest BCUT2D eigenvalue weighted by molar-refractivity contribution is 7.99. The first-order chi connectivity index (χ1) is 13.9. The third-order valence-electron chi connectivity index (χ3n) is 4.41. The minimum atomic E-state index is -0.559. The molecule has 156 valence electrons. The van der Waals surface area contributed by atoms with E-state index in [2.05, 4.69) is 5.32 Å². The molecule has 0 bridgehead atoms. The molecule has 0 fully saturated rings. The molecule has 0 spiro atoms. The lowest BCUT2D eigenvalue weighted by Gasteiger charge is -2.31. The highest BCUT2D eigenvalue weighted by Gasteiger charge is 2.28. The fraction of sp³-hybridized carbons (Fsp3) is 0.391. The van der Waals surface area contributed by atoms with Crippen LogP contribution in [0.3, 0.4) is 0 Å². The van der Waals surface area contributed by atoms with E-state index in [0.717, 1.165) is 10.5 Å². The first kappa shape index (κ1) is 22.9. The zero-order valence-corrected chi connectivity index (χ0v) is 18.0. The van der Waals surface area contributed by atoms with Gasteiger partial charge in [-0.1, -0.05) is 37.3 Å². The molecule has 1 atom stereocenters. The summed E-state index contributed by atoms with van der Waals surface area (Å²) in [5.41, 5.74) is 0.797. The summed E-state index contributed by atoms with van der Waals surface area (Å²) in [4.78, 5) is 28.5. The van der Waals surface area contributed by atoms with Crippen LogP contribution in [0.2, 0.25) is 0 Å². The average Bonchev–Trinajstić information content (AvgIpc) is 2.69. The quantitative estimate of drug-likeness (QED) is 0.574. The molecule has 0 aliphatic rings. The number of benzene rings is 2. The molecule has 2 aromatic rings. The van der Waals surface area contributed by atoms with Crippen LogP contribution in [0, 0.1) is 5.82 Å². The molecule has 2 amide bonds. The van der Waals surface area contributed by atoms with Gasteiger partial charge in [0.05, 0.1) is 0 Å². The van der Waals surface area contributed by atoms with Crippen molar-refractivity contribution in [1.82, 2.24) is 10.2 Å². The topological polar surface area (TPSA) is 49.4 Å². The van der Waals surface area contributed by atoms with Crippen molar-refractivity contribution >= 4 is 23.6 Å². The Kier molecular flexibility index (Phi) is 9.19. The minimum absolute atomic E-state index is 0.00652. The smallest absolute Gasteiger partial charge is 0.243 e. The van der Waals surface area contributed by atoms with Crippen molar-refractivity contribution in [2.24, 2.45) is 0 Å². The van der Waals surface area contributed by atoms with Crippen LogP contribution in [0.5, 0.6) is 0 Å². The van der Waals surface area contributed by atoms with Crippen molar-refractivity contribution in [1.29, 1.82) is 0 Å². The monoisotopic (exact) mass is 416 g/mol. The molecule has 0 aliphatic heterocycles.